The Balaban J connectivity index is 2.43. The van der Waals surface area contributed by atoms with Crippen LogP contribution in [0, 0.1) is 0 Å². The van der Waals surface area contributed by atoms with Gasteiger partial charge in [0.05, 0.1) is 6.04 Å². The summed E-state index contributed by atoms with van der Waals surface area (Å²) in [5, 5.41) is 3.31. The smallest absolute Gasteiger partial charge is 0.240 e. The van der Waals surface area contributed by atoms with Gasteiger partial charge < -0.3 is 15.1 Å². The summed E-state index contributed by atoms with van der Waals surface area (Å²) in [6, 6.07) is 0.375. The molecule has 1 saturated heterocycles. The number of likely N-dealkylation sites (N-methyl/N-ethyl adjacent to an activating group) is 1. The minimum Gasteiger partial charge on any atom is -0.337 e. The summed E-state index contributed by atoms with van der Waals surface area (Å²) in [6.07, 6.45) is 2.04. The third kappa shape index (κ3) is 3.46. The van der Waals surface area contributed by atoms with Gasteiger partial charge in [0.2, 0.25) is 5.91 Å². The molecule has 4 heteroatoms. The summed E-state index contributed by atoms with van der Waals surface area (Å²) < 4.78 is 0. The molecule has 1 fully saturated rings. The van der Waals surface area contributed by atoms with E-state index in [9.17, 15) is 4.79 Å². The lowest BCUT2D eigenvalue weighted by molar-refractivity contribution is -0.131. The monoisotopic (exact) mass is 227 g/mol. The Kier molecular flexibility index (Phi) is 5.22. The lowest BCUT2D eigenvalue weighted by Crippen LogP contribution is -2.45. The van der Waals surface area contributed by atoms with Crippen molar-refractivity contribution >= 4 is 5.91 Å². The van der Waals surface area contributed by atoms with Crippen molar-refractivity contribution in [3.63, 3.8) is 0 Å². The van der Waals surface area contributed by atoms with Gasteiger partial charge >= 0.3 is 0 Å². The summed E-state index contributed by atoms with van der Waals surface area (Å²) >= 11 is 0. The first kappa shape index (κ1) is 13.5. The highest BCUT2D eigenvalue weighted by Crippen LogP contribution is 2.14. The van der Waals surface area contributed by atoms with Crippen LogP contribution in [0.4, 0.5) is 0 Å². The normalized spacial score (nSPS) is 23.2. The number of nitrogens with one attached hydrogen (secondary N) is 1. The number of rotatable bonds is 6. The lowest BCUT2D eigenvalue weighted by atomic mass is 10.2. The van der Waals surface area contributed by atoms with Gasteiger partial charge in [-0.05, 0) is 40.4 Å². The van der Waals surface area contributed by atoms with E-state index < -0.39 is 0 Å². The van der Waals surface area contributed by atoms with Gasteiger partial charge in [-0.15, -0.1) is 0 Å². The van der Waals surface area contributed by atoms with Gasteiger partial charge in [-0.2, -0.15) is 0 Å². The first-order valence-corrected chi connectivity index (χ1v) is 6.24. The highest BCUT2D eigenvalue weighted by Gasteiger charge is 2.33. The molecule has 1 heterocycles. The number of likely N-dealkylation sites (tertiary alicyclic amines) is 1. The molecule has 0 bridgehead atoms. The number of carbonyl (C=O) groups excluding carboxylic acids is 1. The second-order valence-corrected chi connectivity index (χ2v) is 4.94. The molecule has 4 nitrogen and oxygen atoms in total. The molecular formula is C12H25N3O. The Labute approximate surface area is 99.0 Å². The zero-order chi connectivity index (χ0) is 12.1. The molecule has 0 saturated carbocycles. The minimum absolute atomic E-state index is 0.0598. The van der Waals surface area contributed by atoms with Gasteiger partial charge in [-0.1, -0.05) is 6.92 Å². The van der Waals surface area contributed by atoms with Crippen LogP contribution in [0.3, 0.4) is 0 Å². The van der Waals surface area contributed by atoms with E-state index in [1.54, 1.807) is 0 Å². The highest BCUT2D eigenvalue weighted by atomic mass is 16.2. The summed E-state index contributed by atoms with van der Waals surface area (Å²) in [5.74, 6) is 0.280. The van der Waals surface area contributed by atoms with Gasteiger partial charge in [0.15, 0.2) is 0 Å². The highest BCUT2D eigenvalue weighted by molar-refractivity contribution is 5.84. The van der Waals surface area contributed by atoms with Crippen LogP contribution in [0.2, 0.25) is 0 Å². The van der Waals surface area contributed by atoms with Crippen LogP contribution in [-0.2, 0) is 4.79 Å². The number of amides is 1. The Morgan fingerprint density at radius 2 is 2.25 bits per heavy atom. The predicted octanol–water partition coefficient (Wildman–Crippen LogP) is 0.537. The molecule has 16 heavy (non-hydrogen) atoms. The molecule has 1 aliphatic heterocycles. The molecule has 0 radical (unpaired) electrons. The fraction of sp³-hybridized carbons (Fsp3) is 0.917. The zero-order valence-corrected chi connectivity index (χ0v) is 11.0. The molecule has 0 aromatic carbocycles. The second-order valence-electron chi connectivity index (χ2n) is 4.94. The van der Waals surface area contributed by atoms with Gasteiger partial charge in [-0.3, -0.25) is 4.79 Å². The molecule has 1 N–H and O–H groups in total. The standard InChI is InChI=1S/C12H25N3O/c1-5-7-13-11-6-8-15(12(11)16)10(2)9-14(3)4/h10-11,13H,5-9H2,1-4H3. The molecule has 2 atom stereocenters. The fourth-order valence-corrected chi connectivity index (χ4v) is 2.27. The lowest BCUT2D eigenvalue weighted by Gasteiger charge is -2.27. The van der Waals surface area contributed by atoms with Crippen LogP contribution < -0.4 is 5.32 Å². The average Bonchev–Trinajstić information content (AvgIpc) is 2.56. The number of nitrogens with zero attached hydrogens (tertiary/aromatic N) is 2. The Bertz CT molecular complexity index is 230. The van der Waals surface area contributed by atoms with Crippen LogP contribution in [0.15, 0.2) is 0 Å². The van der Waals surface area contributed by atoms with Crippen LogP contribution in [-0.4, -0.2) is 61.5 Å². The van der Waals surface area contributed by atoms with Crippen molar-refractivity contribution in [2.24, 2.45) is 0 Å². The Hall–Kier alpha value is -0.610. The van der Waals surface area contributed by atoms with E-state index in [1.807, 2.05) is 19.0 Å². The minimum atomic E-state index is 0.0598. The summed E-state index contributed by atoms with van der Waals surface area (Å²) in [7, 11) is 4.09. The van der Waals surface area contributed by atoms with Crippen molar-refractivity contribution in [3.05, 3.63) is 0 Å². The number of hydrogen-bond donors (Lipinski definition) is 1. The Morgan fingerprint density at radius 1 is 1.56 bits per heavy atom. The molecule has 0 aromatic heterocycles. The number of hydrogen-bond acceptors (Lipinski definition) is 3. The van der Waals surface area contributed by atoms with Gasteiger partial charge in [0.1, 0.15) is 0 Å². The van der Waals surface area contributed by atoms with Gasteiger partial charge in [0.25, 0.3) is 0 Å². The maximum atomic E-state index is 12.1. The summed E-state index contributed by atoms with van der Waals surface area (Å²) in [4.78, 5) is 16.2. The number of carbonyl (C=O) groups is 1. The van der Waals surface area contributed by atoms with Gasteiger partial charge in [0, 0.05) is 19.1 Å². The largest absolute Gasteiger partial charge is 0.337 e. The van der Waals surface area contributed by atoms with Crippen molar-refractivity contribution in [1.82, 2.24) is 15.1 Å². The van der Waals surface area contributed by atoms with Crippen molar-refractivity contribution in [3.8, 4) is 0 Å². The van der Waals surface area contributed by atoms with Crippen LogP contribution in [0.1, 0.15) is 26.7 Å². The van der Waals surface area contributed by atoms with Crippen molar-refractivity contribution in [2.45, 2.75) is 38.8 Å². The van der Waals surface area contributed by atoms with Crippen LogP contribution >= 0.6 is 0 Å². The molecule has 1 rings (SSSR count). The van der Waals surface area contributed by atoms with E-state index in [0.717, 1.165) is 32.5 Å². The Morgan fingerprint density at radius 3 is 2.81 bits per heavy atom. The van der Waals surface area contributed by atoms with E-state index in [-0.39, 0.29) is 11.9 Å². The zero-order valence-electron chi connectivity index (χ0n) is 11.0. The van der Waals surface area contributed by atoms with Crippen molar-refractivity contribution < 1.29 is 4.79 Å². The van der Waals surface area contributed by atoms with E-state index in [0.29, 0.717) is 6.04 Å². The molecule has 1 aliphatic rings. The quantitative estimate of drug-likeness (QED) is 0.719. The summed E-state index contributed by atoms with van der Waals surface area (Å²) in [5.41, 5.74) is 0. The predicted molar refractivity (Wildman–Crippen MR) is 66.4 cm³/mol. The van der Waals surface area contributed by atoms with E-state index in [1.165, 1.54) is 0 Å². The SMILES string of the molecule is CCCNC1CCN(C(C)CN(C)C)C1=O. The topological polar surface area (TPSA) is 35.6 Å². The fourth-order valence-electron chi connectivity index (χ4n) is 2.27. The molecular weight excluding hydrogens is 202 g/mol. The molecule has 0 aliphatic carbocycles. The van der Waals surface area contributed by atoms with Crippen molar-refractivity contribution in [1.29, 1.82) is 0 Å². The molecule has 0 aromatic rings. The van der Waals surface area contributed by atoms with Crippen molar-refractivity contribution in [2.75, 3.05) is 33.7 Å². The van der Waals surface area contributed by atoms with Crippen LogP contribution in [0.25, 0.3) is 0 Å². The van der Waals surface area contributed by atoms with E-state index >= 15 is 0 Å². The second kappa shape index (κ2) is 6.21. The third-order valence-corrected chi connectivity index (χ3v) is 3.04. The van der Waals surface area contributed by atoms with E-state index in [4.69, 9.17) is 0 Å². The first-order valence-electron chi connectivity index (χ1n) is 6.24. The maximum absolute atomic E-state index is 12.1. The third-order valence-electron chi connectivity index (χ3n) is 3.04. The van der Waals surface area contributed by atoms with E-state index in [2.05, 4.69) is 24.1 Å². The molecule has 94 valence electrons. The average molecular weight is 227 g/mol. The maximum Gasteiger partial charge on any atom is 0.240 e. The first-order chi connectivity index (χ1) is 7.56. The van der Waals surface area contributed by atoms with Crippen LogP contribution in [0.5, 0.6) is 0 Å². The van der Waals surface area contributed by atoms with Gasteiger partial charge in [-0.25, -0.2) is 0 Å². The molecule has 0 spiro atoms. The summed E-state index contributed by atoms with van der Waals surface area (Å²) in [6.45, 7) is 7.02. The molecule has 1 amide bonds. The molecule has 2 unspecified atom stereocenters.